The van der Waals surface area contributed by atoms with Crippen LogP contribution >= 0.6 is 0 Å². The zero-order valence-electron chi connectivity index (χ0n) is 14.7. The Morgan fingerprint density at radius 1 is 0.960 bits per heavy atom. The van der Waals surface area contributed by atoms with E-state index in [4.69, 9.17) is 19.0 Å². The lowest BCUT2D eigenvalue weighted by atomic mass is 10.1. The summed E-state index contributed by atoms with van der Waals surface area (Å²) in [5.41, 5.74) is 2.86. The molecule has 0 saturated heterocycles. The van der Waals surface area contributed by atoms with Crippen molar-refractivity contribution in [1.82, 2.24) is 0 Å². The number of carbonyl (C=O) groups is 1. The van der Waals surface area contributed by atoms with Crippen LogP contribution in [0.15, 0.2) is 47.6 Å². The van der Waals surface area contributed by atoms with Gasteiger partial charge in [-0.3, -0.25) is 0 Å². The highest BCUT2D eigenvalue weighted by molar-refractivity contribution is 5.98. The topological polar surface area (TPSA) is 66.4 Å². The molecule has 0 aromatic heterocycles. The first kappa shape index (κ1) is 18.3. The van der Waals surface area contributed by atoms with Crippen molar-refractivity contribution in [2.45, 2.75) is 13.5 Å². The van der Waals surface area contributed by atoms with E-state index in [1.807, 2.05) is 31.2 Å². The van der Waals surface area contributed by atoms with Crippen LogP contribution in [-0.2, 0) is 16.2 Å². The molecule has 6 heteroatoms. The van der Waals surface area contributed by atoms with Gasteiger partial charge in [-0.05, 0) is 42.8 Å². The van der Waals surface area contributed by atoms with Gasteiger partial charge in [0.15, 0.2) is 11.5 Å². The summed E-state index contributed by atoms with van der Waals surface area (Å²) in [6.07, 6.45) is 0. The number of esters is 1. The van der Waals surface area contributed by atoms with Gasteiger partial charge in [0.1, 0.15) is 6.61 Å². The fourth-order valence-corrected chi connectivity index (χ4v) is 2.22. The highest BCUT2D eigenvalue weighted by atomic mass is 16.6. The van der Waals surface area contributed by atoms with Crippen LogP contribution in [0.2, 0.25) is 0 Å². The van der Waals surface area contributed by atoms with Crippen LogP contribution in [0.3, 0.4) is 0 Å². The van der Waals surface area contributed by atoms with Gasteiger partial charge in [0.25, 0.3) is 0 Å². The van der Waals surface area contributed by atoms with Gasteiger partial charge in [0.2, 0.25) is 0 Å². The predicted molar refractivity (Wildman–Crippen MR) is 94.3 cm³/mol. The Morgan fingerprint density at radius 3 is 2.40 bits per heavy atom. The first-order chi connectivity index (χ1) is 12.1. The molecular formula is C19H21NO5. The highest BCUT2D eigenvalue weighted by Crippen LogP contribution is 2.27. The average molecular weight is 343 g/mol. The average Bonchev–Trinajstić information content (AvgIpc) is 2.66. The van der Waals surface area contributed by atoms with Gasteiger partial charge in [-0.25, -0.2) is 4.79 Å². The molecule has 0 saturated carbocycles. The summed E-state index contributed by atoms with van der Waals surface area (Å²) >= 11 is 0. The van der Waals surface area contributed by atoms with Crippen LogP contribution in [0.25, 0.3) is 0 Å². The molecule has 0 atom stereocenters. The van der Waals surface area contributed by atoms with Gasteiger partial charge in [-0.1, -0.05) is 17.3 Å². The molecule has 0 radical (unpaired) electrons. The van der Waals surface area contributed by atoms with Crippen molar-refractivity contribution in [3.05, 3.63) is 59.2 Å². The van der Waals surface area contributed by atoms with E-state index in [0.717, 1.165) is 11.1 Å². The zero-order chi connectivity index (χ0) is 18.2. The molecule has 0 aliphatic carbocycles. The number of carbonyl (C=O) groups excluding carboxylic acids is 1. The Balaban J connectivity index is 2.06. The summed E-state index contributed by atoms with van der Waals surface area (Å²) in [5.74, 6) is 0.895. The third kappa shape index (κ3) is 4.73. The van der Waals surface area contributed by atoms with Crippen LogP contribution in [0, 0.1) is 0 Å². The van der Waals surface area contributed by atoms with Crippen molar-refractivity contribution in [2.24, 2.45) is 5.16 Å². The van der Waals surface area contributed by atoms with Crippen LogP contribution in [0.4, 0.5) is 0 Å². The summed E-state index contributed by atoms with van der Waals surface area (Å²) in [7, 11) is 4.52. The maximum atomic E-state index is 11.5. The van der Waals surface area contributed by atoms with E-state index in [1.54, 1.807) is 32.4 Å². The quantitative estimate of drug-likeness (QED) is 0.438. The number of hydrogen-bond donors (Lipinski definition) is 0. The Hall–Kier alpha value is -3.02. The standard InChI is InChI=1S/C19H21NO5/c1-13(15-8-9-17(22-2)18(11-15)23-3)20-25-12-14-6-5-7-16(10-14)19(21)24-4/h5-11H,12H2,1-4H3/b20-13+. The summed E-state index contributed by atoms with van der Waals surface area (Å²) in [6, 6.07) is 12.6. The first-order valence-electron chi connectivity index (χ1n) is 7.65. The third-order valence-electron chi connectivity index (χ3n) is 3.58. The summed E-state index contributed by atoms with van der Waals surface area (Å²) in [6.45, 7) is 2.08. The zero-order valence-corrected chi connectivity index (χ0v) is 14.7. The molecule has 6 nitrogen and oxygen atoms in total. The molecule has 2 rings (SSSR count). The van der Waals surface area contributed by atoms with Crippen molar-refractivity contribution < 1.29 is 23.8 Å². The molecule has 0 N–H and O–H groups in total. The number of oxime groups is 1. The SMILES string of the molecule is COC(=O)c1cccc(CO/N=C(\C)c2ccc(OC)c(OC)c2)c1. The van der Waals surface area contributed by atoms with Crippen molar-refractivity contribution in [3.63, 3.8) is 0 Å². The minimum Gasteiger partial charge on any atom is -0.493 e. The van der Waals surface area contributed by atoms with Gasteiger partial charge in [0.05, 0.1) is 32.6 Å². The molecule has 0 amide bonds. The summed E-state index contributed by atoms with van der Waals surface area (Å²) in [5, 5.41) is 4.12. The van der Waals surface area contributed by atoms with Crippen molar-refractivity contribution >= 4 is 11.7 Å². The van der Waals surface area contributed by atoms with Crippen molar-refractivity contribution in [3.8, 4) is 11.5 Å². The van der Waals surface area contributed by atoms with Crippen molar-refractivity contribution in [1.29, 1.82) is 0 Å². The van der Waals surface area contributed by atoms with E-state index in [0.29, 0.717) is 22.8 Å². The molecule has 2 aromatic rings. The number of benzene rings is 2. The highest BCUT2D eigenvalue weighted by Gasteiger charge is 2.08. The lowest BCUT2D eigenvalue weighted by molar-refractivity contribution is 0.0600. The Kier molecular flexibility index (Phi) is 6.39. The largest absolute Gasteiger partial charge is 0.493 e. The molecule has 0 aliphatic rings. The number of methoxy groups -OCH3 is 3. The van der Waals surface area contributed by atoms with Gasteiger partial charge in [0, 0.05) is 5.56 Å². The van der Waals surface area contributed by atoms with Crippen LogP contribution in [-0.4, -0.2) is 33.0 Å². The summed E-state index contributed by atoms with van der Waals surface area (Å²) < 4.78 is 15.2. The molecule has 0 heterocycles. The van der Waals surface area contributed by atoms with Crippen molar-refractivity contribution in [2.75, 3.05) is 21.3 Å². The second-order valence-corrected chi connectivity index (χ2v) is 5.21. The van der Waals surface area contributed by atoms with Gasteiger partial charge >= 0.3 is 5.97 Å². The fourth-order valence-electron chi connectivity index (χ4n) is 2.22. The lowest BCUT2D eigenvalue weighted by Gasteiger charge is -2.09. The molecule has 0 aliphatic heterocycles. The smallest absolute Gasteiger partial charge is 0.337 e. The minimum atomic E-state index is -0.383. The van der Waals surface area contributed by atoms with Crippen LogP contribution < -0.4 is 9.47 Å². The van der Waals surface area contributed by atoms with Gasteiger partial charge in [-0.2, -0.15) is 0 Å². The molecule has 0 fully saturated rings. The Morgan fingerprint density at radius 2 is 1.72 bits per heavy atom. The molecule has 0 bridgehead atoms. The van der Waals surface area contributed by atoms with Crippen LogP contribution in [0.1, 0.15) is 28.4 Å². The Bertz CT molecular complexity index is 770. The number of ether oxygens (including phenoxy) is 3. The third-order valence-corrected chi connectivity index (χ3v) is 3.58. The minimum absolute atomic E-state index is 0.245. The second kappa shape index (κ2) is 8.73. The number of hydrogen-bond acceptors (Lipinski definition) is 6. The van der Waals surface area contributed by atoms with E-state index in [1.165, 1.54) is 7.11 Å². The summed E-state index contributed by atoms with van der Waals surface area (Å²) in [4.78, 5) is 16.9. The molecule has 132 valence electrons. The molecule has 2 aromatic carbocycles. The maximum absolute atomic E-state index is 11.5. The van der Waals surface area contributed by atoms with Gasteiger partial charge < -0.3 is 19.0 Å². The Labute approximate surface area is 147 Å². The van der Waals surface area contributed by atoms with E-state index < -0.39 is 0 Å². The van der Waals surface area contributed by atoms with E-state index >= 15 is 0 Å². The fraction of sp³-hybridized carbons (Fsp3) is 0.263. The molecule has 0 unspecified atom stereocenters. The van der Waals surface area contributed by atoms with E-state index in [9.17, 15) is 4.79 Å². The second-order valence-electron chi connectivity index (χ2n) is 5.21. The molecular weight excluding hydrogens is 322 g/mol. The molecule has 25 heavy (non-hydrogen) atoms. The normalized spacial score (nSPS) is 11.0. The first-order valence-corrected chi connectivity index (χ1v) is 7.65. The predicted octanol–water partition coefficient (Wildman–Crippen LogP) is 3.43. The van der Waals surface area contributed by atoms with Crippen LogP contribution in [0.5, 0.6) is 11.5 Å². The monoisotopic (exact) mass is 343 g/mol. The molecule has 0 spiro atoms. The number of nitrogens with zero attached hydrogens (tertiary/aromatic N) is 1. The maximum Gasteiger partial charge on any atom is 0.337 e. The van der Waals surface area contributed by atoms with E-state index in [-0.39, 0.29) is 12.6 Å². The number of rotatable bonds is 7. The van der Waals surface area contributed by atoms with Gasteiger partial charge in [-0.15, -0.1) is 0 Å². The lowest BCUT2D eigenvalue weighted by Crippen LogP contribution is -2.02. The van der Waals surface area contributed by atoms with E-state index in [2.05, 4.69) is 5.16 Å².